The Hall–Kier alpha value is -3.74. The fourth-order valence-electron chi connectivity index (χ4n) is 7.55. The molecule has 5 atom stereocenters. The SMILES string of the molecule is C=CCCC(NC(=O)C1C2C(CN1C(=O)C(NC(=O)OC(C)(C)C)C1CCCCC1)C2(C)C)C(=O)C(=O)NCCS(=O)(=O)Cc1ccccc1. The van der Waals surface area contributed by atoms with Crippen molar-refractivity contribution in [2.24, 2.45) is 23.2 Å². The zero-order valence-corrected chi connectivity index (χ0v) is 30.9. The lowest BCUT2D eigenvalue weighted by Gasteiger charge is -2.37. The Balaban J connectivity index is 1.46. The minimum absolute atomic E-state index is 0.0548. The Morgan fingerprint density at radius 3 is 2.32 bits per heavy atom. The third-order valence-corrected chi connectivity index (χ3v) is 11.9. The summed E-state index contributed by atoms with van der Waals surface area (Å²) < 4.78 is 30.7. The molecule has 4 amide bonds. The molecule has 1 saturated heterocycles. The average molecular weight is 715 g/mol. The van der Waals surface area contributed by atoms with E-state index in [4.69, 9.17) is 4.74 Å². The fraction of sp³-hybridized carbons (Fsp3) is 0.649. The van der Waals surface area contributed by atoms with Gasteiger partial charge in [0.1, 0.15) is 17.7 Å². The number of carbonyl (C=O) groups is 5. The summed E-state index contributed by atoms with van der Waals surface area (Å²) in [6.07, 6.45) is 5.73. The minimum Gasteiger partial charge on any atom is -0.444 e. The Morgan fingerprint density at radius 1 is 1.04 bits per heavy atom. The molecule has 1 aliphatic heterocycles. The Labute approximate surface area is 296 Å². The molecule has 0 bridgehead atoms. The summed E-state index contributed by atoms with van der Waals surface area (Å²) in [5.74, 6) is -3.59. The number of likely N-dealkylation sites (tertiary alicyclic amines) is 1. The van der Waals surface area contributed by atoms with Gasteiger partial charge in [0, 0.05) is 13.1 Å². The number of carbonyl (C=O) groups excluding carboxylic acids is 5. The number of Topliss-reactive ketones (excluding diaryl/α,β-unsaturated/α-hetero) is 1. The van der Waals surface area contributed by atoms with E-state index in [2.05, 4.69) is 22.5 Å². The molecule has 50 heavy (non-hydrogen) atoms. The molecule has 1 aromatic rings. The number of benzene rings is 1. The van der Waals surface area contributed by atoms with E-state index in [0.717, 1.165) is 32.1 Å². The van der Waals surface area contributed by atoms with E-state index < -0.39 is 57.3 Å². The Morgan fingerprint density at radius 2 is 1.70 bits per heavy atom. The summed E-state index contributed by atoms with van der Waals surface area (Å²) in [4.78, 5) is 69.2. The number of sulfone groups is 1. The smallest absolute Gasteiger partial charge is 0.408 e. The second kappa shape index (κ2) is 16.1. The van der Waals surface area contributed by atoms with Gasteiger partial charge in [0.05, 0.1) is 17.5 Å². The predicted octanol–water partition coefficient (Wildman–Crippen LogP) is 3.69. The lowest BCUT2D eigenvalue weighted by atomic mass is 9.83. The zero-order chi connectivity index (χ0) is 36.9. The first-order valence-corrected chi connectivity index (χ1v) is 19.5. The van der Waals surface area contributed by atoms with Crippen LogP contribution in [0.2, 0.25) is 0 Å². The van der Waals surface area contributed by atoms with E-state index in [1.807, 2.05) is 13.8 Å². The van der Waals surface area contributed by atoms with Gasteiger partial charge in [-0.15, -0.1) is 6.58 Å². The van der Waals surface area contributed by atoms with Crippen molar-refractivity contribution in [3.8, 4) is 0 Å². The van der Waals surface area contributed by atoms with E-state index in [0.29, 0.717) is 18.5 Å². The van der Waals surface area contributed by atoms with Crippen LogP contribution in [0.1, 0.15) is 85.1 Å². The first-order valence-electron chi connectivity index (χ1n) is 17.7. The standard InChI is InChI=1S/C37H54N4O8S/c1-7-8-19-27(31(42)33(44)38-20-21-50(47,48)23-24-15-11-9-12-16-24)39-32(43)30-28-26(37(28,5)6)22-41(30)34(45)29(25-17-13-10-14-18-25)40-35(46)49-36(2,3)4/h7,9,11-12,15-16,25-30H,1,8,10,13-14,17-23H2,2-6H3,(H,38,44)(H,39,43)(H,40,46). The lowest BCUT2D eigenvalue weighted by Crippen LogP contribution is -2.60. The number of piperidine rings is 1. The van der Waals surface area contributed by atoms with Gasteiger partial charge < -0.3 is 25.6 Å². The number of nitrogens with one attached hydrogen (secondary N) is 3. The quantitative estimate of drug-likeness (QED) is 0.183. The maximum Gasteiger partial charge on any atom is 0.408 e. The number of fused-ring (bicyclic) bond motifs is 1. The molecule has 0 spiro atoms. The second-order valence-electron chi connectivity index (χ2n) is 15.5. The highest BCUT2D eigenvalue weighted by Crippen LogP contribution is 2.65. The van der Waals surface area contributed by atoms with Crippen molar-refractivity contribution >= 4 is 39.4 Å². The van der Waals surface area contributed by atoms with Crippen molar-refractivity contribution in [3.05, 3.63) is 48.6 Å². The first kappa shape index (κ1) is 39.1. The van der Waals surface area contributed by atoms with Gasteiger partial charge in [-0.1, -0.05) is 69.5 Å². The van der Waals surface area contributed by atoms with Crippen molar-refractivity contribution in [2.75, 3.05) is 18.8 Å². The van der Waals surface area contributed by atoms with E-state index >= 15 is 0 Å². The molecule has 0 aromatic heterocycles. The summed E-state index contributed by atoms with van der Waals surface area (Å²) in [6, 6.07) is 5.67. The van der Waals surface area contributed by atoms with Crippen molar-refractivity contribution < 1.29 is 37.1 Å². The molecule has 4 rings (SSSR count). The van der Waals surface area contributed by atoms with E-state index in [1.165, 1.54) is 0 Å². The Kier molecular flexibility index (Phi) is 12.6. The molecule has 1 heterocycles. The largest absolute Gasteiger partial charge is 0.444 e. The maximum atomic E-state index is 14.3. The van der Waals surface area contributed by atoms with Gasteiger partial charge >= 0.3 is 6.09 Å². The van der Waals surface area contributed by atoms with Gasteiger partial charge in [0.15, 0.2) is 9.84 Å². The van der Waals surface area contributed by atoms with Crippen LogP contribution in [0.3, 0.4) is 0 Å². The topological polar surface area (TPSA) is 168 Å². The Bertz CT molecular complexity index is 1530. The van der Waals surface area contributed by atoms with Crippen LogP contribution >= 0.6 is 0 Å². The molecular formula is C37H54N4O8S. The molecule has 3 aliphatic rings. The van der Waals surface area contributed by atoms with Crippen molar-refractivity contribution in [1.29, 1.82) is 0 Å². The number of nitrogens with zero attached hydrogens (tertiary/aromatic N) is 1. The number of rotatable bonds is 15. The summed E-state index contributed by atoms with van der Waals surface area (Å²) in [5.41, 5.74) is -0.365. The molecule has 5 unspecified atom stereocenters. The van der Waals surface area contributed by atoms with Gasteiger partial charge in [-0.05, 0) is 75.2 Å². The van der Waals surface area contributed by atoms with Gasteiger partial charge in [0.25, 0.3) is 5.91 Å². The normalized spacial score (nSPS) is 22.7. The summed E-state index contributed by atoms with van der Waals surface area (Å²) >= 11 is 0. The van der Waals surface area contributed by atoms with Crippen LogP contribution in [0.15, 0.2) is 43.0 Å². The summed E-state index contributed by atoms with van der Waals surface area (Å²) in [7, 11) is -3.56. The number of ketones is 1. The first-order chi connectivity index (χ1) is 23.4. The van der Waals surface area contributed by atoms with Crippen molar-refractivity contribution in [2.45, 2.75) is 109 Å². The molecule has 3 N–H and O–H groups in total. The highest BCUT2D eigenvalue weighted by Gasteiger charge is 2.69. The highest BCUT2D eigenvalue weighted by molar-refractivity contribution is 7.90. The molecule has 276 valence electrons. The fourth-order valence-corrected chi connectivity index (χ4v) is 8.81. The van der Waals surface area contributed by atoms with Crippen LogP contribution < -0.4 is 16.0 Å². The molecule has 0 radical (unpaired) electrons. The molecule has 13 heteroatoms. The molecule has 3 fully saturated rings. The average Bonchev–Trinajstić information content (AvgIpc) is 3.35. The molecule has 12 nitrogen and oxygen atoms in total. The second-order valence-corrected chi connectivity index (χ2v) is 17.7. The van der Waals surface area contributed by atoms with Gasteiger partial charge in [-0.2, -0.15) is 0 Å². The van der Waals surface area contributed by atoms with Crippen LogP contribution in [-0.4, -0.2) is 85.5 Å². The van der Waals surface area contributed by atoms with Gasteiger partial charge in [-0.25, -0.2) is 13.2 Å². The maximum absolute atomic E-state index is 14.3. The number of hydrogen-bond acceptors (Lipinski definition) is 8. The number of alkyl carbamates (subject to hydrolysis) is 1. The molecule has 1 aromatic carbocycles. The minimum atomic E-state index is -3.56. The predicted molar refractivity (Wildman–Crippen MR) is 189 cm³/mol. The number of amides is 4. The highest BCUT2D eigenvalue weighted by atomic mass is 32.2. The molecule has 2 saturated carbocycles. The summed E-state index contributed by atoms with van der Waals surface area (Å²) in [6.45, 7) is 13.1. The van der Waals surface area contributed by atoms with E-state index in [1.54, 1.807) is 62.1 Å². The van der Waals surface area contributed by atoms with Crippen LogP contribution in [0.5, 0.6) is 0 Å². The molecular weight excluding hydrogens is 660 g/mol. The number of hydrogen-bond donors (Lipinski definition) is 3. The van der Waals surface area contributed by atoms with Crippen molar-refractivity contribution in [1.82, 2.24) is 20.9 Å². The monoisotopic (exact) mass is 714 g/mol. The van der Waals surface area contributed by atoms with Crippen LogP contribution in [0, 0.1) is 23.2 Å². The third-order valence-electron chi connectivity index (χ3n) is 10.3. The lowest BCUT2D eigenvalue weighted by molar-refractivity contribution is -0.145. The number of ether oxygens (including phenoxy) is 1. The zero-order valence-electron chi connectivity index (χ0n) is 30.0. The van der Waals surface area contributed by atoms with Gasteiger partial charge in [-0.3, -0.25) is 19.2 Å². The van der Waals surface area contributed by atoms with Crippen LogP contribution in [0.4, 0.5) is 4.79 Å². The van der Waals surface area contributed by atoms with Crippen LogP contribution in [0.25, 0.3) is 0 Å². The van der Waals surface area contributed by atoms with Gasteiger partial charge in [0.2, 0.25) is 17.6 Å². The molecule has 2 aliphatic carbocycles. The van der Waals surface area contributed by atoms with E-state index in [9.17, 15) is 32.4 Å². The summed E-state index contributed by atoms with van der Waals surface area (Å²) in [5, 5.41) is 8.00. The number of allylic oxidation sites excluding steroid dienone is 1. The van der Waals surface area contributed by atoms with E-state index in [-0.39, 0.29) is 53.5 Å². The third kappa shape index (κ3) is 9.95. The van der Waals surface area contributed by atoms with Crippen molar-refractivity contribution in [3.63, 3.8) is 0 Å². The van der Waals surface area contributed by atoms with Crippen LogP contribution in [-0.2, 0) is 39.5 Å².